The number of carboxylic acids is 1. The van der Waals surface area contributed by atoms with Gasteiger partial charge in [-0.25, -0.2) is 0 Å². The van der Waals surface area contributed by atoms with Crippen LogP contribution in [0.4, 0.5) is 0 Å². The summed E-state index contributed by atoms with van der Waals surface area (Å²) in [6.07, 6.45) is 84.1. The molecule has 0 aromatic heterocycles. The van der Waals surface area contributed by atoms with Gasteiger partial charge in [-0.1, -0.05) is 292 Å². The third kappa shape index (κ3) is 65.9. The second-order valence-electron chi connectivity index (χ2n) is 24.4. The Hall–Kier alpha value is -3.53. The van der Waals surface area contributed by atoms with Crippen LogP contribution in [0.15, 0.2) is 85.1 Å². The predicted molar refractivity (Wildman–Crippen MR) is 352 cm³/mol. The lowest BCUT2D eigenvalue weighted by Gasteiger charge is -2.26. The van der Waals surface area contributed by atoms with Crippen molar-refractivity contribution >= 4 is 17.9 Å². The molecule has 9 heteroatoms. The van der Waals surface area contributed by atoms with Gasteiger partial charge in [-0.15, -0.1) is 0 Å². The van der Waals surface area contributed by atoms with Gasteiger partial charge in [0.25, 0.3) is 0 Å². The zero-order chi connectivity index (χ0) is 60.5. The number of carbonyl (C=O) groups excluding carboxylic acids is 3. The van der Waals surface area contributed by atoms with Crippen LogP contribution in [-0.2, 0) is 33.3 Å². The number of ether oxygens (including phenoxy) is 4. The fourth-order valence-corrected chi connectivity index (χ4v) is 9.83. The van der Waals surface area contributed by atoms with Gasteiger partial charge >= 0.3 is 11.9 Å². The van der Waals surface area contributed by atoms with Crippen molar-refractivity contribution < 1.29 is 42.9 Å². The van der Waals surface area contributed by atoms with Gasteiger partial charge in [0.15, 0.2) is 12.4 Å². The Morgan fingerprint density at radius 2 is 0.687 bits per heavy atom. The molecular formula is C74H131NO8. The summed E-state index contributed by atoms with van der Waals surface area (Å²) in [5.74, 6) is -2.31. The molecule has 0 aromatic rings. The highest BCUT2D eigenvalue weighted by Crippen LogP contribution is 2.18. The molecule has 0 rings (SSSR count). The molecule has 0 N–H and O–H groups in total. The molecule has 0 aromatic carbocycles. The van der Waals surface area contributed by atoms with Crippen molar-refractivity contribution in [2.24, 2.45) is 0 Å². The largest absolute Gasteiger partial charge is 0.545 e. The number of carboxylic acid groups (broad SMARTS) is 1. The van der Waals surface area contributed by atoms with Crippen LogP contribution < -0.4 is 5.11 Å². The summed E-state index contributed by atoms with van der Waals surface area (Å²) in [6.45, 7) is 4.61. The number of quaternary nitrogens is 1. The van der Waals surface area contributed by atoms with Crippen molar-refractivity contribution in [1.82, 2.24) is 0 Å². The van der Waals surface area contributed by atoms with E-state index in [4.69, 9.17) is 18.9 Å². The molecule has 480 valence electrons. The molecule has 0 heterocycles. The molecule has 0 amide bonds. The fourth-order valence-electron chi connectivity index (χ4n) is 9.83. The van der Waals surface area contributed by atoms with Crippen LogP contribution in [0.3, 0.4) is 0 Å². The lowest BCUT2D eigenvalue weighted by Crippen LogP contribution is -2.44. The van der Waals surface area contributed by atoms with E-state index in [1.54, 1.807) is 0 Å². The topological polar surface area (TPSA) is 111 Å². The summed E-state index contributed by atoms with van der Waals surface area (Å²) in [7, 11) is 5.92. The summed E-state index contributed by atoms with van der Waals surface area (Å²) < 4.78 is 22.7. The van der Waals surface area contributed by atoms with E-state index in [1.165, 1.54) is 193 Å². The molecule has 9 nitrogen and oxygen atoms in total. The van der Waals surface area contributed by atoms with Crippen molar-refractivity contribution in [3.63, 3.8) is 0 Å². The fraction of sp³-hybridized carbons (Fsp3) is 0.770. The van der Waals surface area contributed by atoms with Gasteiger partial charge in [-0.2, -0.15) is 0 Å². The van der Waals surface area contributed by atoms with Gasteiger partial charge < -0.3 is 33.3 Å². The average molecular weight is 1160 g/mol. The Morgan fingerprint density at radius 3 is 1.02 bits per heavy atom. The van der Waals surface area contributed by atoms with Gasteiger partial charge in [-0.3, -0.25) is 9.59 Å². The summed E-state index contributed by atoms with van der Waals surface area (Å²) in [6, 6.07) is 0. The van der Waals surface area contributed by atoms with Crippen molar-refractivity contribution in [3.05, 3.63) is 85.1 Å². The first-order valence-electron chi connectivity index (χ1n) is 34.7. The van der Waals surface area contributed by atoms with E-state index < -0.39 is 24.3 Å². The van der Waals surface area contributed by atoms with Gasteiger partial charge in [0, 0.05) is 12.8 Å². The van der Waals surface area contributed by atoms with E-state index >= 15 is 0 Å². The number of hydrogen-bond acceptors (Lipinski definition) is 8. The summed E-state index contributed by atoms with van der Waals surface area (Å²) in [5, 5.41) is 11.8. The highest BCUT2D eigenvalue weighted by Gasteiger charge is 2.22. The molecule has 83 heavy (non-hydrogen) atoms. The van der Waals surface area contributed by atoms with Crippen molar-refractivity contribution in [2.45, 2.75) is 322 Å². The zero-order valence-electron chi connectivity index (χ0n) is 54.8. The van der Waals surface area contributed by atoms with Crippen LogP contribution in [0, 0.1) is 0 Å². The third-order valence-electron chi connectivity index (χ3n) is 15.1. The number of rotatable bonds is 64. The lowest BCUT2D eigenvalue weighted by molar-refractivity contribution is -0.870. The van der Waals surface area contributed by atoms with Crippen LogP contribution in [0.25, 0.3) is 0 Å². The Kier molecular flexibility index (Phi) is 61.7. The Balaban J connectivity index is 3.95. The molecule has 0 aliphatic heterocycles. The van der Waals surface area contributed by atoms with Gasteiger partial charge in [0.1, 0.15) is 13.2 Å². The monoisotopic (exact) mass is 1160 g/mol. The highest BCUT2D eigenvalue weighted by molar-refractivity contribution is 5.70. The third-order valence-corrected chi connectivity index (χ3v) is 15.1. The second kappa shape index (κ2) is 64.5. The Labute approximate surface area is 512 Å². The summed E-state index contributed by atoms with van der Waals surface area (Å²) >= 11 is 0. The molecule has 0 bridgehead atoms. The minimum atomic E-state index is -1.63. The van der Waals surface area contributed by atoms with Crippen LogP contribution in [0.2, 0.25) is 0 Å². The van der Waals surface area contributed by atoms with E-state index in [9.17, 15) is 19.5 Å². The first kappa shape index (κ1) is 79.5. The number of esters is 2. The maximum Gasteiger partial charge on any atom is 0.306 e. The Morgan fingerprint density at radius 1 is 0.373 bits per heavy atom. The normalized spacial score (nSPS) is 13.2. The quantitative estimate of drug-likeness (QED) is 0.0195. The number of unbranched alkanes of at least 4 members (excludes halogenated alkanes) is 35. The summed E-state index contributed by atoms with van der Waals surface area (Å²) in [4.78, 5) is 37.4. The van der Waals surface area contributed by atoms with Crippen molar-refractivity contribution in [1.29, 1.82) is 0 Å². The minimum Gasteiger partial charge on any atom is -0.545 e. The number of hydrogen-bond donors (Lipinski definition) is 0. The van der Waals surface area contributed by atoms with Crippen LogP contribution in [-0.4, -0.2) is 82.3 Å². The molecule has 2 unspecified atom stereocenters. The SMILES string of the molecule is CC/C=C\C/C=C\C/C=C\C/C=C\CCCCCCC(=O)OC(COC(=O)CCCCCCCCCCCCCCCCCCCCCCCCCCCC/C=C\C/C=C\C/C=C\CCCCCCC)COC(OCC[N+](C)(C)C)C(=O)[O-]. The van der Waals surface area contributed by atoms with E-state index in [0.29, 0.717) is 17.4 Å². The Bertz CT molecular complexity index is 1640. The van der Waals surface area contributed by atoms with Crippen LogP contribution >= 0.6 is 0 Å². The highest BCUT2D eigenvalue weighted by atomic mass is 16.7. The molecular weight excluding hydrogens is 1030 g/mol. The van der Waals surface area contributed by atoms with E-state index in [2.05, 4.69) is 98.9 Å². The molecule has 2 atom stereocenters. The predicted octanol–water partition coefficient (Wildman–Crippen LogP) is 20.1. The number of nitrogens with zero attached hydrogens (tertiary/aromatic N) is 1. The van der Waals surface area contributed by atoms with E-state index in [-0.39, 0.29) is 38.6 Å². The molecule has 0 aliphatic rings. The van der Waals surface area contributed by atoms with E-state index in [1.807, 2.05) is 21.1 Å². The lowest BCUT2D eigenvalue weighted by atomic mass is 10.0. The standard InChI is InChI=1S/C74H131NO8/c1-6-8-10-12-14-16-18-20-22-24-25-26-27-28-29-30-31-32-33-34-35-36-37-38-39-40-41-42-43-44-45-46-47-49-50-52-54-56-58-60-62-64-71(76)81-68-70(69-82-74(73(78)79)80-67-66-75(3,4)5)83-72(77)65-63-61-59-57-55-53-51-48-23-21-19-17-15-13-11-9-7-2/h9,11,15,17-18,20-21,23-25,27-28,51,53,70,74H,6-8,10,12-14,16,19,22,26,29-50,52,54-69H2,1-5H3/b11-9-,17-15-,20-18-,23-21-,25-24-,28-27-,53-51-. The molecule has 0 radical (unpaired) electrons. The molecule has 0 saturated heterocycles. The minimum absolute atomic E-state index is 0.141. The van der Waals surface area contributed by atoms with Crippen molar-refractivity contribution in [3.8, 4) is 0 Å². The van der Waals surface area contributed by atoms with Gasteiger partial charge in [0.2, 0.25) is 0 Å². The number of aliphatic carboxylic acids is 1. The van der Waals surface area contributed by atoms with Gasteiger partial charge in [0.05, 0.1) is 40.3 Å². The number of allylic oxidation sites excluding steroid dienone is 14. The number of carbonyl (C=O) groups is 3. The van der Waals surface area contributed by atoms with E-state index in [0.717, 1.165) is 83.5 Å². The maximum absolute atomic E-state index is 12.9. The smallest absolute Gasteiger partial charge is 0.306 e. The first-order chi connectivity index (χ1) is 40.6. The number of likely N-dealkylation sites (N-methyl/N-ethyl adjacent to an activating group) is 1. The maximum atomic E-state index is 12.9. The average Bonchev–Trinajstić information content (AvgIpc) is 3.46. The molecule has 0 spiro atoms. The zero-order valence-corrected chi connectivity index (χ0v) is 54.8. The molecule has 0 saturated carbocycles. The van der Waals surface area contributed by atoms with Crippen LogP contribution in [0.5, 0.6) is 0 Å². The summed E-state index contributed by atoms with van der Waals surface area (Å²) in [5.41, 5.74) is 0. The van der Waals surface area contributed by atoms with Crippen LogP contribution in [0.1, 0.15) is 309 Å². The second-order valence-corrected chi connectivity index (χ2v) is 24.4. The first-order valence-corrected chi connectivity index (χ1v) is 34.7. The molecule has 0 aliphatic carbocycles. The molecule has 0 fully saturated rings. The van der Waals surface area contributed by atoms with Crippen molar-refractivity contribution in [2.75, 3.05) is 47.5 Å². The van der Waals surface area contributed by atoms with Gasteiger partial charge in [-0.05, 0) is 89.9 Å².